The molecule has 0 radical (unpaired) electrons. The van der Waals surface area contributed by atoms with Crippen LogP contribution in [0, 0.1) is 5.82 Å². The topological polar surface area (TPSA) is 55.8 Å². The molecule has 0 spiro atoms. The van der Waals surface area contributed by atoms with Crippen LogP contribution >= 0.6 is 0 Å². The minimum absolute atomic E-state index is 0.0386. The maximum Gasteiger partial charge on any atom is 0.243 e. The summed E-state index contributed by atoms with van der Waals surface area (Å²) in [5, 5.41) is 0. The summed E-state index contributed by atoms with van der Waals surface area (Å²) in [6.07, 6.45) is 0.550. The molecule has 0 amide bonds. The van der Waals surface area contributed by atoms with Gasteiger partial charge >= 0.3 is 0 Å². The van der Waals surface area contributed by atoms with Crippen molar-refractivity contribution in [3.8, 4) is 11.5 Å². The highest BCUT2D eigenvalue weighted by Gasteiger charge is 2.34. The molecule has 0 saturated heterocycles. The first-order chi connectivity index (χ1) is 11.9. The maximum atomic E-state index is 13.5. The van der Waals surface area contributed by atoms with E-state index in [1.807, 2.05) is 19.1 Å². The van der Waals surface area contributed by atoms with E-state index in [2.05, 4.69) is 0 Å². The fourth-order valence-corrected chi connectivity index (χ4v) is 4.86. The summed E-state index contributed by atoms with van der Waals surface area (Å²) >= 11 is 0. The van der Waals surface area contributed by atoms with E-state index in [0.29, 0.717) is 24.5 Å². The highest BCUT2D eigenvalue weighted by Crippen LogP contribution is 2.39. The van der Waals surface area contributed by atoms with Gasteiger partial charge in [0, 0.05) is 12.6 Å². The van der Waals surface area contributed by atoms with Gasteiger partial charge in [0.2, 0.25) is 10.0 Å². The Hall–Kier alpha value is -2.12. The molecule has 0 aliphatic carbocycles. The van der Waals surface area contributed by atoms with Crippen molar-refractivity contribution in [2.75, 3.05) is 20.8 Å². The molecule has 0 N–H and O–H groups in total. The monoisotopic (exact) mass is 365 g/mol. The lowest BCUT2D eigenvalue weighted by molar-refractivity contribution is 0.318. The van der Waals surface area contributed by atoms with Gasteiger partial charge in [0.1, 0.15) is 5.82 Å². The van der Waals surface area contributed by atoms with Crippen molar-refractivity contribution in [1.29, 1.82) is 0 Å². The van der Waals surface area contributed by atoms with Crippen molar-refractivity contribution >= 4 is 10.0 Å². The minimum atomic E-state index is -3.79. The molecular weight excluding hydrogens is 345 g/mol. The summed E-state index contributed by atoms with van der Waals surface area (Å²) in [7, 11) is -0.683. The molecule has 3 rings (SSSR count). The SMILES string of the molecule is COc1cc2c(cc1OC)C(C)N(S(=O)(=O)c1cccc(F)c1)CC2. The van der Waals surface area contributed by atoms with E-state index in [1.165, 1.54) is 22.5 Å². The van der Waals surface area contributed by atoms with Crippen LogP contribution < -0.4 is 9.47 Å². The number of fused-ring (bicyclic) bond motifs is 1. The minimum Gasteiger partial charge on any atom is -0.493 e. The number of nitrogens with zero attached hydrogens (tertiary/aromatic N) is 1. The molecule has 1 aliphatic heterocycles. The van der Waals surface area contributed by atoms with Crippen LogP contribution in [0.5, 0.6) is 11.5 Å². The first-order valence-corrected chi connectivity index (χ1v) is 9.34. The summed E-state index contributed by atoms with van der Waals surface area (Å²) in [5.74, 6) is 0.602. The number of hydrogen-bond donors (Lipinski definition) is 0. The van der Waals surface area contributed by atoms with Gasteiger partial charge in [-0.3, -0.25) is 0 Å². The Morgan fingerprint density at radius 1 is 1.12 bits per heavy atom. The van der Waals surface area contributed by atoms with Gasteiger partial charge in [-0.05, 0) is 54.8 Å². The third-order valence-electron chi connectivity index (χ3n) is 4.53. The fraction of sp³-hybridized carbons (Fsp3) is 0.333. The van der Waals surface area contributed by atoms with Gasteiger partial charge in [0.25, 0.3) is 0 Å². The van der Waals surface area contributed by atoms with Crippen LogP contribution in [0.1, 0.15) is 24.1 Å². The number of halogens is 1. The molecule has 1 heterocycles. The van der Waals surface area contributed by atoms with Gasteiger partial charge in [-0.2, -0.15) is 4.31 Å². The van der Waals surface area contributed by atoms with Gasteiger partial charge in [0.15, 0.2) is 11.5 Å². The quantitative estimate of drug-likeness (QED) is 0.835. The Morgan fingerprint density at radius 3 is 2.44 bits per heavy atom. The van der Waals surface area contributed by atoms with E-state index < -0.39 is 21.9 Å². The number of sulfonamides is 1. The number of methoxy groups -OCH3 is 2. The zero-order valence-electron chi connectivity index (χ0n) is 14.3. The molecule has 1 atom stereocenters. The first kappa shape index (κ1) is 17.7. The summed E-state index contributed by atoms with van der Waals surface area (Å²) in [6.45, 7) is 2.14. The van der Waals surface area contributed by atoms with Gasteiger partial charge in [-0.25, -0.2) is 12.8 Å². The summed E-state index contributed by atoms with van der Waals surface area (Å²) in [6, 6.07) is 8.39. The van der Waals surface area contributed by atoms with Crippen molar-refractivity contribution in [3.63, 3.8) is 0 Å². The molecule has 0 fully saturated rings. The Morgan fingerprint density at radius 2 is 1.80 bits per heavy atom. The van der Waals surface area contributed by atoms with Crippen LogP contribution in [0.4, 0.5) is 4.39 Å². The molecule has 1 unspecified atom stereocenters. The van der Waals surface area contributed by atoms with E-state index >= 15 is 0 Å². The van der Waals surface area contributed by atoms with Crippen LogP contribution in [-0.2, 0) is 16.4 Å². The molecule has 2 aromatic carbocycles. The smallest absolute Gasteiger partial charge is 0.243 e. The molecule has 25 heavy (non-hydrogen) atoms. The van der Waals surface area contributed by atoms with Crippen molar-refractivity contribution in [3.05, 3.63) is 53.3 Å². The number of rotatable bonds is 4. The van der Waals surface area contributed by atoms with E-state index in [9.17, 15) is 12.8 Å². The fourth-order valence-electron chi connectivity index (χ4n) is 3.21. The average Bonchev–Trinajstić information content (AvgIpc) is 2.60. The second-order valence-electron chi connectivity index (χ2n) is 5.91. The first-order valence-electron chi connectivity index (χ1n) is 7.90. The second-order valence-corrected chi connectivity index (χ2v) is 7.80. The third kappa shape index (κ3) is 3.09. The predicted octanol–water partition coefficient (Wildman–Crippen LogP) is 3.15. The van der Waals surface area contributed by atoms with Crippen LogP contribution in [0.15, 0.2) is 41.3 Å². The lowest BCUT2D eigenvalue weighted by Gasteiger charge is -2.34. The van der Waals surface area contributed by atoms with Crippen LogP contribution in [0.25, 0.3) is 0 Å². The number of ether oxygens (including phenoxy) is 2. The van der Waals surface area contributed by atoms with Gasteiger partial charge in [0.05, 0.1) is 19.1 Å². The molecule has 2 aromatic rings. The van der Waals surface area contributed by atoms with Crippen LogP contribution in [0.2, 0.25) is 0 Å². The van der Waals surface area contributed by atoms with E-state index in [0.717, 1.165) is 17.2 Å². The van der Waals surface area contributed by atoms with Crippen LogP contribution in [-0.4, -0.2) is 33.5 Å². The van der Waals surface area contributed by atoms with Crippen molar-refractivity contribution in [2.45, 2.75) is 24.3 Å². The normalized spacial score (nSPS) is 17.8. The van der Waals surface area contributed by atoms with Gasteiger partial charge < -0.3 is 9.47 Å². The number of benzene rings is 2. The molecule has 0 aromatic heterocycles. The predicted molar refractivity (Wildman–Crippen MR) is 92.0 cm³/mol. The Kier molecular flexibility index (Phi) is 4.71. The molecule has 0 bridgehead atoms. The summed E-state index contributed by atoms with van der Waals surface area (Å²) < 4.78 is 51.4. The Bertz CT molecular complexity index is 898. The molecule has 134 valence electrons. The van der Waals surface area contributed by atoms with Gasteiger partial charge in [-0.15, -0.1) is 0 Å². The molecule has 0 saturated carbocycles. The van der Waals surface area contributed by atoms with Crippen molar-refractivity contribution in [2.24, 2.45) is 0 Å². The summed E-state index contributed by atoms with van der Waals surface area (Å²) in [4.78, 5) is -0.0386. The lowest BCUT2D eigenvalue weighted by Crippen LogP contribution is -2.38. The van der Waals surface area contributed by atoms with Gasteiger partial charge in [-0.1, -0.05) is 6.07 Å². The Balaban J connectivity index is 2.02. The second kappa shape index (κ2) is 6.65. The Labute approximate surface area is 147 Å². The zero-order chi connectivity index (χ0) is 18.2. The average molecular weight is 365 g/mol. The molecule has 1 aliphatic rings. The van der Waals surface area contributed by atoms with Crippen molar-refractivity contribution in [1.82, 2.24) is 4.31 Å². The molecule has 7 heteroatoms. The standard InChI is InChI=1S/C18H20FNO4S/c1-12-16-11-18(24-3)17(23-2)9-13(16)7-8-20(12)25(21,22)15-6-4-5-14(19)10-15/h4-6,9-12H,7-8H2,1-3H3. The maximum absolute atomic E-state index is 13.5. The number of hydrogen-bond acceptors (Lipinski definition) is 4. The molecular formula is C18H20FNO4S. The highest BCUT2D eigenvalue weighted by atomic mass is 32.2. The van der Waals surface area contributed by atoms with E-state index in [-0.39, 0.29) is 4.90 Å². The van der Waals surface area contributed by atoms with E-state index in [1.54, 1.807) is 14.2 Å². The summed E-state index contributed by atoms with van der Waals surface area (Å²) in [5.41, 5.74) is 1.89. The molecule has 5 nitrogen and oxygen atoms in total. The highest BCUT2D eigenvalue weighted by molar-refractivity contribution is 7.89. The zero-order valence-corrected chi connectivity index (χ0v) is 15.1. The van der Waals surface area contributed by atoms with E-state index in [4.69, 9.17) is 9.47 Å². The third-order valence-corrected chi connectivity index (χ3v) is 6.50. The van der Waals surface area contributed by atoms with Crippen molar-refractivity contribution < 1.29 is 22.3 Å². The largest absolute Gasteiger partial charge is 0.493 e. The van der Waals surface area contributed by atoms with Crippen LogP contribution in [0.3, 0.4) is 0 Å². The lowest BCUT2D eigenvalue weighted by atomic mass is 9.94.